The summed E-state index contributed by atoms with van der Waals surface area (Å²) in [6.07, 6.45) is 0. The van der Waals surface area contributed by atoms with Crippen LogP contribution in [-0.2, 0) is 0 Å². The van der Waals surface area contributed by atoms with Crippen molar-refractivity contribution in [3.63, 3.8) is 0 Å². The van der Waals surface area contributed by atoms with Crippen molar-refractivity contribution in [2.24, 2.45) is 0 Å². The van der Waals surface area contributed by atoms with Gasteiger partial charge in [0, 0.05) is 17.4 Å². The fourth-order valence-corrected chi connectivity index (χ4v) is 1.68. The number of nitrogens with one attached hydrogen (secondary N) is 1. The molecular formula is C13H9FN2O4. The van der Waals surface area contributed by atoms with Gasteiger partial charge in [0.05, 0.1) is 4.92 Å². The second kappa shape index (κ2) is 5.35. The third-order valence-corrected chi connectivity index (χ3v) is 2.54. The number of aromatic carboxylic acids is 1. The van der Waals surface area contributed by atoms with E-state index in [1.165, 1.54) is 24.3 Å². The molecule has 0 fully saturated rings. The molecule has 102 valence electrons. The highest BCUT2D eigenvalue weighted by atomic mass is 19.1. The second-order valence-corrected chi connectivity index (χ2v) is 3.93. The van der Waals surface area contributed by atoms with E-state index in [9.17, 15) is 19.3 Å². The Labute approximate surface area is 112 Å². The van der Waals surface area contributed by atoms with Crippen molar-refractivity contribution in [1.29, 1.82) is 0 Å². The van der Waals surface area contributed by atoms with Gasteiger partial charge in [-0.2, -0.15) is 0 Å². The standard InChI is InChI=1S/C13H9FN2O4/c14-8-2-1-3-9(6-8)15-10-4-5-12(16(19)20)11(7-10)13(17)18/h1-7,15H,(H,17,18). The van der Waals surface area contributed by atoms with Crippen LogP contribution in [0.25, 0.3) is 0 Å². The molecule has 0 bridgehead atoms. The highest BCUT2D eigenvalue weighted by Gasteiger charge is 2.19. The summed E-state index contributed by atoms with van der Waals surface area (Å²) >= 11 is 0. The zero-order valence-corrected chi connectivity index (χ0v) is 10.0. The summed E-state index contributed by atoms with van der Waals surface area (Å²) in [6, 6.07) is 9.14. The number of halogens is 1. The van der Waals surface area contributed by atoms with Gasteiger partial charge in [-0.3, -0.25) is 10.1 Å². The zero-order chi connectivity index (χ0) is 14.7. The van der Waals surface area contributed by atoms with Crippen molar-refractivity contribution in [2.75, 3.05) is 5.32 Å². The average molecular weight is 276 g/mol. The Kier molecular flexibility index (Phi) is 3.60. The quantitative estimate of drug-likeness (QED) is 0.660. The van der Waals surface area contributed by atoms with Gasteiger partial charge < -0.3 is 10.4 Å². The average Bonchev–Trinajstić information content (AvgIpc) is 2.38. The van der Waals surface area contributed by atoms with Crippen LogP contribution in [0, 0.1) is 15.9 Å². The van der Waals surface area contributed by atoms with Crippen LogP contribution in [0.2, 0.25) is 0 Å². The minimum absolute atomic E-state index is 0.318. The van der Waals surface area contributed by atoms with Crippen LogP contribution < -0.4 is 5.32 Å². The number of hydrogen-bond donors (Lipinski definition) is 2. The predicted molar refractivity (Wildman–Crippen MR) is 69.7 cm³/mol. The number of rotatable bonds is 4. The molecule has 2 rings (SSSR count). The number of nitro groups is 1. The summed E-state index contributed by atoms with van der Waals surface area (Å²) in [6.45, 7) is 0. The van der Waals surface area contributed by atoms with Crippen LogP contribution in [0.4, 0.5) is 21.5 Å². The van der Waals surface area contributed by atoms with Gasteiger partial charge in [0.2, 0.25) is 0 Å². The number of carboxylic acid groups (broad SMARTS) is 1. The van der Waals surface area contributed by atoms with Gasteiger partial charge in [-0.05, 0) is 30.3 Å². The van der Waals surface area contributed by atoms with E-state index in [1.54, 1.807) is 6.07 Å². The van der Waals surface area contributed by atoms with Crippen LogP contribution in [0.3, 0.4) is 0 Å². The smallest absolute Gasteiger partial charge is 0.342 e. The van der Waals surface area contributed by atoms with Crippen LogP contribution >= 0.6 is 0 Å². The molecule has 7 heteroatoms. The molecule has 0 aromatic heterocycles. The SMILES string of the molecule is O=C(O)c1cc(Nc2cccc(F)c2)ccc1[N+](=O)[O-]. The summed E-state index contributed by atoms with van der Waals surface area (Å²) < 4.78 is 13.0. The molecule has 2 aromatic carbocycles. The maximum atomic E-state index is 13.0. The molecule has 0 saturated heterocycles. The number of nitro benzene ring substituents is 1. The maximum absolute atomic E-state index is 13.0. The highest BCUT2D eigenvalue weighted by Crippen LogP contribution is 2.25. The lowest BCUT2D eigenvalue weighted by Gasteiger charge is -2.07. The van der Waals surface area contributed by atoms with E-state index in [0.717, 1.165) is 12.1 Å². The van der Waals surface area contributed by atoms with E-state index in [1.807, 2.05) is 0 Å². The molecule has 0 aliphatic rings. The minimum Gasteiger partial charge on any atom is -0.477 e. The van der Waals surface area contributed by atoms with Crippen LogP contribution in [0.15, 0.2) is 42.5 Å². The summed E-state index contributed by atoms with van der Waals surface area (Å²) in [5.41, 5.74) is -0.201. The van der Waals surface area contributed by atoms with E-state index < -0.39 is 28.0 Å². The van der Waals surface area contributed by atoms with Crippen molar-refractivity contribution >= 4 is 23.0 Å². The molecule has 0 aliphatic heterocycles. The fraction of sp³-hybridized carbons (Fsp3) is 0. The van der Waals surface area contributed by atoms with Crippen LogP contribution in [0.1, 0.15) is 10.4 Å². The molecule has 0 amide bonds. The van der Waals surface area contributed by atoms with Gasteiger partial charge in [0.15, 0.2) is 0 Å². The number of carbonyl (C=O) groups is 1. The van der Waals surface area contributed by atoms with Crippen molar-refractivity contribution in [2.45, 2.75) is 0 Å². The van der Waals surface area contributed by atoms with Gasteiger partial charge in [-0.25, -0.2) is 9.18 Å². The monoisotopic (exact) mass is 276 g/mol. The fourth-order valence-electron chi connectivity index (χ4n) is 1.68. The number of hydrogen-bond acceptors (Lipinski definition) is 4. The first-order valence-electron chi connectivity index (χ1n) is 5.51. The minimum atomic E-state index is -1.40. The Bertz CT molecular complexity index is 688. The third kappa shape index (κ3) is 2.89. The first-order valence-corrected chi connectivity index (χ1v) is 5.51. The van der Waals surface area contributed by atoms with Crippen molar-refractivity contribution < 1.29 is 19.2 Å². The molecule has 0 radical (unpaired) electrons. The number of nitrogens with zero attached hydrogens (tertiary/aromatic N) is 1. The van der Waals surface area contributed by atoms with Crippen LogP contribution in [0.5, 0.6) is 0 Å². The number of anilines is 2. The first-order chi connectivity index (χ1) is 9.47. The highest BCUT2D eigenvalue weighted by molar-refractivity contribution is 5.93. The van der Waals surface area contributed by atoms with E-state index in [4.69, 9.17) is 5.11 Å². The first kappa shape index (κ1) is 13.5. The lowest BCUT2D eigenvalue weighted by Crippen LogP contribution is -2.03. The predicted octanol–water partition coefficient (Wildman–Crippen LogP) is 3.18. The zero-order valence-electron chi connectivity index (χ0n) is 10.0. The molecule has 0 unspecified atom stereocenters. The molecule has 6 nitrogen and oxygen atoms in total. The molecular weight excluding hydrogens is 267 g/mol. The Balaban J connectivity index is 2.36. The normalized spacial score (nSPS) is 10.1. The molecule has 2 aromatic rings. The molecule has 0 heterocycles. The number of carboxylic acids is 1. The largest absolute Gasteiger partial charge is 0.477 e. The lowest BCUT2D eigenvalue weighted by molar-refractivity contribution is -0.385. The summed E-state index contributed by atoms with van der Waals surface area (Å²) in [4.78, 5) is 20.9. The Morgan fingerprint density at radius 2 is 1.90 bits per heavy atom. The van der Waals surface area contributed by atoms with Crippen molar-refractivity contribution in [3.05, 3.63) is 64.0 Å². The second-order valence-electron chi connectivity index (χ2n) is 3.93. The maximum Gasteiger partial charge on any atom is 0.342 e. The summed E-state index contributed by atoms with van der Waals surface area (Å²) in [5.74, 6) is -1.85. The van der Waals surface area contributed by atoms with Gasteiger partial charge in [-0.1, -0.05) is 6.07 Å². The Morgan fingerprint density at radius 3 is 2.50 bits per heavy atom. The number of benzene rings is 2. The van der Waals surface area contributed by atoms with Crippen LogP contribution in [-0.4, -0.2) is 16.0 Å². The molecule has 0 saturated carbocycles. The van der Waals surface area contributed by atoms with Crippen molar-refractivity contribution in [1.82, 2.24) is 0 Å². The van der Waals surface area contributed by atoms with Gasteiger partial charge in [0.1, 0.15) is 11.4 Å². The van der Waals surface area contributed by atoms with Crippen molar-refractivity contribution in [3.8, 4) is 0 Å². The van der Waals surface area contributed by atoms with Gasteiger partial charge >= 0.3 is 5.97 Å². The molecule has 0 atom stereocenters. The molecule has 0 spiro atoms. The summed E-state index contributed by atoms with van der Waals surface area (Å²) in [5, 5.41) is 22.4. The van der Waals surface area contributed by atoms with Gasteiger partial charge in [-0.15, -0.1) is 0 Å². The van der Waals surface area contributed by atoms with E-state index in [-0.39, 0.29) is 0 Å². The van der Waals surface area contributed by atoms with E-state index in [2.05, 4.69) is 5.32 Å². The molecule has 20 heavy (non-hydrogen) atoms. The van der Waals surface area contributed by atoms with E-state index in [0.29, 0.717) is 11.4 Å². The summed E-state index contributed by atoms with van der Waals surface area (Å²) in [7, 11) is 0. The molecule has 2 N–H and O–H groups in total. The Hall–Kier alpha value is -2.96. The Morgan fingerprint density at radius 1 is 1.20 bits per heavy atom. The third-order valence-electron chi connectivity index (χ3n) is 2.54. The molecule has 0 aliphatic carbocycles. The topological polar surface area (TPSA) is 92.5 Å². The van der Waals surface area contributed by atoms with E-state index >= 15 is 0 Å². The van der Waals surface area contributed by atoms with Gasteiger partial charge in [0.25, 0.3) is 5.69 Å². The lowest BCUT2D eigenvalue weighted by atomic mass is 10.1.